The third-order valence-electron chi connectivity index (χ3n) is 4.04. The summed E-state index contributed by atoms with van der Waals surface area (Å²) in [5.41, 5.74) is 1.39. The maximum absolute atomic E-state index is 12.9. The monoisotopic (exact) mass is 366 g/mol. The zero-order valence-electron chi connectivity index (χ0n) is 14.0. The first kappa shape index (κ1) is 17.7. The van der Waals surface area contributed by atoms with Crippen molar-refractivity contribution in [1.29, 1.82) is 5.26 Å². The molecule has 1 heterocycles. The summed E-state index contributed by atoms with van der Waals surface area (Å²) in [6, 6.07) is 16.4. The van der Waals surface area contributed by atoms with Crippen molar-refractivity contribution < 1.29 is 14.3 Å². The van der Waals surface area contributed by atoms with Crippen molar-refractivity contribution in [2.75, 3.05) is 11.5 Å². The Labute approximate surface area is 156 Å². The molecule has 3 rings (SSSR count). The SMILES string of the molecule is CCOC(=O)C1C(c2ccccc2)=C(C#N)C(=O)N1c1ccc(Cl)cc1. The fraction of sp³-hybridized carbons (Fsp3) is 0.150. The smallest absolute Gasteiger partial charge is 0.334 e. The first-order valence-corrected chi connectivity index (χ1v) is 8.41. The van der Waals surface area contributed by atoms with Gasteiger partial charge in [-0.3, -0.25) is 9.69 Å². The van der Waals surface area contributed by atoms with Gasteiger partial charge >= 0.3 is 5.97 Å². The summed E-state index contributed by atoms with van der Waals surface area (Å²) in [5, 5.41) is 10.1. The summed E-state index contributed by atoms with van der Waals surface area (Å²) in [6.45, 7) is 1.86. The van der Waals surface area contributed by atoms with Gasteiger partial charge in [0.05, 0.1) is 6.61 Å². The Balaban J connectivity index is 2.18. The summed E-state index contributed by atoms with van der Waals surface area (Å²) in [6.07, 6.45) is 0. The average Bonchev–Trinajstić information content (AvgIpc) is 2.96. The summed E-state index contributed by atoms with van der Waals surface area (Å²) in [7, 11) is 0. The van der Waals surface area contributed by atoms with Crippen molar-refractivity contribution in [1.82, 2.24) is 0 Å². The molecule has 1 amide bonds. The van der Waals surface area contributed by atoms with Crippen molar-refractivity contribution in [3.8, 4) is 6.07 Å². The number of anilines is 1. The molecule has 0 saturated carbocycles. The lowest BCUT2D eigenvalue weighted by atomic mass is 9.96. The lowest BCUT2D eigenvalue weighted by Gasteiger charge is -2.25. The van der Waals surface area contributed by atoms with Crippen LogP contribution in [0.15, 0.2) is 60.2 Å². The Morgan fingerprint density at radius 3 is 2.42 bits per heavy atom. The number of halogens is 1. The van der Waals surface area contributed by atoms with Crippen molar-refractivity contribution >= 4 is 34.7 Å². The molecule has 0 aliphatic carbocycles. The second kappa shape index (κ2) is 7.42. The number of amides is 1. The maximum Gasteiger partial charge on any atom is 0.334 e. The summed E-state index contributed by atoms with van der Waals surface area (Å²) in [5.74, 6) is -1.12. The van der Waals surface area contributed by atoms with Gasteiger partial charge in [0.15, 0.2) is 6.04 Å². The molecule has 2 aromatic rings. The van der Waals surface area contributed by atoms with Crippen LogP contribution in [0.3, 0.4) is 0 Å². The highest BCUT2D eigenvalue weighted by Gasteiger charge is 2.45. The van der Waals surface area contributed by atoms with E-state index in [1.807, 2.05) is 12.1 Å². The van der Waals surface area contributed by atoms with Gasteiger partial charge in [0.25, 0.3) is 5.91 Å². The van der Waals surface area contributed by atoms with Gasteiger partial charge in [0, 0.05) is 16.3 Å². The molecular formula is C20H15ClN2O3. The van der Waals surface area contributed by atoms with Crippen molar-refractivity contribution in [3.05, 3.63) is 70.8 Å². The standard InChI is InChI=1S/C20H15ClN2O3/c1-2-26-20(25)18-17(13-6-4-3-5-7-13)16(12-22)19(24)23(18)15-10-8-14(21)9-11-15/h3-11,18H,2H2,1H3. The number of esters is 1. The Morgan fingerprint density at radius 1 is 1.19 bits per heavy atom. The molecule has 0 spiro atoms. The predicted molar refractivity (Wildman–Crippen MR) is 98.3 cm³/mol. The van der Waals surface area contributed by atoms with E-state index in [9.17, 15) is 14.9 Å². The van der Waals surface area contributed by atoms with Crippen LogP contribution in [0.1, 0.15) is 12.5 Å². The van der Waals surface area contributed by atoms with Crippen LogP contribution >= 0.6 is 11.6 Å². The van der Waals surface area contributed by atoms with Crippen LogP contribution in [0.25, 0.3) is 5.57 Å². The third-order valence-corrected chi connectivity index (χ3v) is 4.30. The minimum Gasteiger partial charge on any atom is -0.464 e. The predicted octanol–water partition coefficient (Wildman–Crippen LogP) is 3.60. The van der Waals surface area contributed by atoms with Crippen LogP contribution in [0, 0.1) is 11.3 Å². The zero-order chi connectivity index (χ0) is 18.7. The highest BCUT2D eigenvalue weighted by molar-refractivity contribution is 6.30. The quantitative estimate of drug-likeness (QED) is 0.775. The number of hydrogen-bond donors (Lipinski definition) is 0. The van der Waals surface area contributed by atoms with Gasteiger partial charge in [0.1, 0.15) is 11.6 Å². The molecule has 0 radical (unpaired) electrons. The van der Waals surface area contributed by atoms with E-state index in [4.69, 9.17) is 16.3 Å². The fourth-order valence-electron chi connectivity index (χ4n) is 2.96. The summed E-state index contributed by atoms with van der Waals surface area (Å²) >= 11 is 5.93. The Kier molecular flexibility index (Phi) is 5.06. The number of carbonyl (C=O) groups excluding carboxylic acids is 2. The van der Waals surface area contributed by atoms with Gasteiger partial charge in [0.2, 0.25) is 0 Å². The highest BCUT2D eigenvalue weighted by Crippen LogP contribution is 2.37. The van der Waals surface area contributed by atoms with E-state index in [1.54, 1.807) is 55.5 Å². The van der Waals surface area contributed by atoms with E-state index < -0.39 is 17.9 Å². The second-order valence-electron chi connectivity index (χ2n) is 5.57. The molecule has 1 aliphatic rings. The normalized spacial score (nSPS) is 16.6. The van der Waals surface area contributed by atoms with Crippen LogP contribution in [-0.2, 0) is 14.3 Å². The molecule has 0 bridgehead atoms. The number of carbonyl (C=O) groups is 2. The van der Waals surface area contributed by atoms with E-state index in [-0.39, 0.29) is 12.2 Å². The van der Waals surface area contributed by atoms with Crippen molar-refractivity contribution in [3.63, 3.8) is 0 Å². The third kappa shape index (κ3) is 3.07. The van der Waals surface area contributed by atoms with E-state index >= 15 is 0 Å². The minimum atomic E-state index is -1.03. The molecule has 0 N–H and O–H groups in total. The van der Waals surface area contributed by atoms with Gasteiger partial charge < -0.3 is 4.74 Å². The largest absolute Gasteiger partial charge is 0.464 e. The molecule has 1 unspecified atom stereocenters. The molecule has 6 heteroatoms. The maximum atomic E-state index is 12.9. The molecule has 1 aliphatic heterocycles. The van der Waals surface area contributed by atoms with Crippen molar-refractivity contribution in [2.24, 2.45) is 0 Å². The van der Waals surface area contributed by atoms with E-state index in [0.29, 0.717) is 21.8 Å². The lowest BCUT2D eigenvalue weighted by Crippen LogP contribution is -2.42. The van der Waals surface area contributed by atoms with Crippen LogP contribution in [0.2, 0.25) is 5.02 Å². The number of ether oxygens (including phenoxy) is 1. The molecular weight excluding hydrogens is 352 g/mol. The molecule has 26 heavy (non-hydrogen) atoms. The molecule has 2 aromatic carbocycles. The molecule has 1 atom stereocenters. The minimum absolute atomic E-state index is 0.0656. The van der Waals surface area contributed by atoms with Gasteiger partial charge in [-0.2, -0.15) is 5.26 Å². The van der Waals surface area contributed by atoms with Crippen LogP contribution in [0.5, 0.6) is 0 Å². The lowest BCUT2D eigenvalue weighted by molar-refractivity contribution is -0.143. The number of nitrogens with zero attached hydrogens (tertiary/aromatic N) is 2. The van der Waals surface area contributed by atoms with Gasteiger partial charge in [-0.15, -0.1) is 0 Å². The van der Waals surface area contributed by atoms with Crippen LogP contribution in [0.4, 0.5) is 5.69 Å². The van der Waals surface area contributed by atoms with E-state index in [0.717, 1.165) is 0 Å². The molecule has 0 saturated heterocycles. The van der Waals surface area contributed by atoms with Crippen LogP contribution in [-0.4, -0.2) is 24.5 Å². The Hall–Kier alpha value is -3.10. The first-order valence-electron chi connectivity index (χ1n) is 8.04. The van der Waals surface area contributed by atoms with Crippen molar-refractivity contribution in [2.45, 2.75) is 13.0 Å². The molecule has 130 valence electrons. The van der Waals surface area contributed by atoms with Crippen LogP contribution < -0.4 is 4.90 Å². The van der Waals surface area contributed by atoms with E-state index in [2.05, 4.69) is 0 Å². The fourth-order valence-corrected chi connectivity index (χ4v) is 3.09. The summed E-state index contributed by atoms with van der Waals surface area (Å²) in [4.78, 5) is 26.9. The molecule has 0 fully saturated rings. The number of benzene rings is 2. The van der Waals surface area contributed by atoms with E-state index in [1.165, 1.54) is 4.90 Å². The highest BCUT2D eigenvalue weighted by atomic mass is 35.5. The zero-order valence-corrected chi connectivity index (χ0v) is 14.7. The molecule has 0 aromatic heterocycles. The number of rotatable bonds is 4. The Bertz CT molecular complexity index is 914. The first-order chi connectivity index (χ1) is 12.6. The van der Waals surface area contributed by atoms with Gasteiger partial charge in [-0.1, -0.05) is 41.9 Å². The topological polar surface area (TPSA) is 70.4 Å². The Morgan fingerprint density at radius 2 is 1.85 bits per heavy atom. The second-order valence-corrected chi connectivity index (χ2v) is 6.01. The number of nitriles is 1. The van der Waals surface area contributed by atoms with Gasteiger partial charge in [-0.25, -0.2) is 4.79 Å². The summed E-state index contributed by atoms with van der Waals surface area (Å²) < 4.78 is 5.19. The molecule has 5 nitrogen and oxygen atoms in total. The van der Waals surface area contributed by atoms with Gasteiger partial charge in [-0.05, 0) is 36.8 Å². The average molecular weight is 367 g/mol. The number of hydrogen-bond acceptors (Lipinski definition) is 4.